The summed E-state index contributed by atoms with van der Waals surface area (Å²) >= 11 is 0. The number of aliphatic hydroxyl groups excluding tert-OH is 2. The summed E-state index contributed by atoms with van der Waals surface area (Å²) in [5.74, 6) is 1.23. The number of carbonyl (C=O) groups is 1. The minimum absolute atomic E-state index is 0.0287. The number of hydrogen-bond donors (Lipinski definition) is 3. The number of aromatic nitrogens is 2. The van der Waals surface area contributed by atoms with E-state index in [-0.39, 0.29) is 31.1 Å². The van der Waals surface area contributed by atoms with E-state index in [1.165, 1.54) is 0 Å². The average Bonchev–Trinajstić information content (AvgIpc) is 3.02. The Balaban J connectivity index is 1.78. The number of carbonyl (C=O) groups excluding carboxylic acids is 1. The van der Waals surface area contributed by atoms with Crippen molar-refractivity contribution in [3.8, 4) is 0 Å². The Hall–Kier alpha value is -1.67. The summed E-state index contributed by atoms with van der Waals surface area (Å²) < 4.78 is 5.01. The third-order valence-electron chi connectivity index (χ3n) is 3.86. The molecule has 0 unspecified atom stereocenters. The van der Waals surface area contributed by atoms with Gasteiger partial charge >= 0.3 is 6.03 Å². The zero-order valence-electron chi connectivity index (χ0n) is 12.9. The van der Waals surface area contributed by atoms with E-state index < -0.39 is 0 Å². The number of rotatable bonds is 6. The lowest BCUT2D eigenvalue weighted by Crippen LogP contribution is -2.50. The Labute approximate surface area is 129 Å². The highest BCUT2D eigenvalue weighted by Crippen LogP contribution is 2.21. The number of nitrogens with one attached hydrogen (secondary N) is 1. The van der Waals surface area contributed by atoms with Crippen molar-refractivity contribution in [1.82, 2.24) is 20.4 Å². The molecule has 1 fully saturated rings. The van der Waals surface area contributed by atoms with Gasteiger partial charge in [0, 0.05) is 57.5 Å². The third-order valence-corrected chi connectivity index (χ3v) is 3.86. The first-order chi connectivity index (χ1) is 10.7. The first-order valence-electron chi connectivity index (χ1n) is 7.72. The molecule has 2 rings (SSSR count). The van der Waals surface area contributed by atoms with Gasteiger partial charge in [0.25, 0.3) is 0 Å². The van der Waals surface area contributed by atoms with Crippen molar-refractivity contribution in [2.24, 2.45) is 11.8 Å². The van der Waals surface area contributed by atoms with Crippen molar-refractivity contribution >= 4 is 6.03 Å². The van der Waals surface area contributed by atoms with E-state index >= 15 is 0 Å². The summed E-state index contributed by atoms with van der Waals surface area (Å²) in [6.45, 7) is 3.45. The smallest absolute Gasteiger partial charge is 0.317 e. The van der Waals surface area contributed by atoms with E-state index in [9.17, 15) is 15.0 Å². The molecule has 2 heterocycles. The van der Waals surface area contributed by atoms with Crippen molar-refractivity contribution in [1.29, 1.82) is 0 Å². The number of piperidine rings is 1. The van der Waals surface area contributed by atoms with E-state index in [1.807, 2.05) is 6.92 Å². The number of aryl methyl sites for hydroxylation is 1. The predicted octanol–water partition coefficient (Wildman–Crippen LogP) is -0.193. The van der Waals surface area contributed by atoms with Crippen LogP contribution in [0.25, 0.3) is 0 Å². The largest absolute Gasteiger partial charge is 0.396 e. The average molecular weight is 312 g/mol. The molecular formula is C14H24N4O4. The molecule has 1 saturated heterocycles. The first kappa shape index (κ1) is 16.7. The molecule has 2 atom stereocenters. The fourth-order valence-corrected chi connectivity index (χ4v) is 2.68. The molecule has 2 amide bonds. The number of hydrogen-bond acceptors (Lipinski definition) is 6. The predicted molar refractivity (Wildman–Crippen MR) is 78.1 cm³/mol. The summed E-state index contributed by atoms with van der Waals surface area (Å²) in [6.07, 6.45) is 1.95. The quantitative estimate of drug-likeness (QED) is 0.671. The van der Waals surface area contributed by atoms with Crippen LogP contribution >= 0.6 is 0 Å². The highest BCUT2D eigenvalue weighted by molar-refractivity contribution is 5.74. The van der Waals surface area contributed by atoms with Gasteiger partial charge in [-0.1, -0.05) is 12.1 Å². The Morgan fingerprint density at radius 2 is 2.05 bits per heavy atom. The fraction of sp³-hybridized carbons (Fsp3) is 0.786. The maximum absolute atomic E-state index is 12.2. The fourth-order valence-electron chi connectivity index (χ4n) is 2.68. The van der Waals surface area contributed by atoms with Gasteiger partial charge in [-0.2, -0.15) is 4.98 Å². The molecule has 124 valence electrons. The molecule has 0 spiro atoms. The van der Waals surface area contributed by atoms with Crippen LogP contribution in [0.3, 0.4) is 0 Å². The second-order valence-electron chi connectivity index (χ2n) is 5.68. The summed E-state index contributed by atoms with van der Waals surface area (Å²) in [7, 11) is 0. The highest BCUT2D eigenvalue weighted by atomic mass is 16.5. The van der Waals surface area contributed by atoms with Gasteiger partial charge in [-0.15, -0.1) is 0 Å². The van der Waals surface area contributed by atoms with Crippen LogP contribution in [0.4, 0.5) is 4.79 Å². The van der Waals surface area contributed by atoms with Gasteiger partial charge in [-0.25, -0.2) is 4.79 Å². The second-order valence-corrected chi connectivity index (χ2v) is 5.68. The molecule has 0 aliphatic carbocycles. The SMILES string of the molecule is CCc1nc(CCNC(=O)N2C[C@H](CO)C[C@H](CO)C2)no1. The molecule has 1 aliphatic heterocycles. The van der Waals surface area contributed by atoms with Gasteiger partial charge in [0.15, 0.2) is 5.82 Å². The van der Waals surface area contributed by atoms with Crippen molar-refractivity contribution in [3.05, 3.63) is 11.7 Å². The lowest BCUT2D eigenvalue weighted by Gasteiger charge is -2.36. The summed E-state index contributed by atoms with van der Waals surface area (Å²) in [5.41, 5.74) is 0. The molecule has 8 nitrogen and oxygen atoms in total. The molecule has 3 N–H and O–H groups in total. The van der Waals surface area contributed by atoms with Crippen LogP contribution in [0.1, 0.15) is 25.1 Å². The number of urea groups is 1. The summed E-state index contributed by atoms with van der Waals surface area (Å²) in [5, 5.41) is 25.2. The van der Waals surface area contributed by atoms with Crippen molar-refractivity contribution in [2.75, 3.05) is 32.8 Å². The molecule has 8 heteroatoms. The van der Waals surface area contributed by atoms with Crippen molar-refractivity contribution in [3.63, 3.8) is 0 Å². The van der Waals surface area contributed by atoms with Crippen LogP contribution in [-0.4, -0.2) is 64.1 Å². The number of nitrogens with zero attached hydrogens (tertiary/aromatic N) is 3. The Morgan fingerprint density at radius 3 is 2.59 bits per heavy atom. The zero-order valence-corrected chi connectivity index (χ0v) is 12.9. The zero-order chi connectivity index (χ0) is 15.9. The van der Waals surface area contributed by atoms with Gasteiger partial charge < -0.3 is 25.0 Å². The molecule has 1 aromatic heterocycles. The maximum Gasteiger partial charge on any atom is 0.317 e. The lowest BCUT2D eigenvalue weighted by atomic mass is 9.90. The van der Waals surface area contributed by atoms with Gasteiger partial charge in [-0.3, -0.25) is 0 Å². The minimum Gasteiger partial charge on any atom is -0.396 e. The monoisotopic (exact) mass is 312 g/mol. The number of likely N-dealkylation sites (tertiary alicyclic amines) is 1. The molecule has 22 heavy (non-hydrogen) atoms. The number of aliphatic hydroxyl groups is 2. The molecular weight excluding hydrogens is 288 g/mol. The minimum atomic E-state index is -0.184. The molecule has 0 aromatic carbocycles. The van der Waals surface area contributed by atoms with Crippen molar-refractivity contribution < 1.29 is 19.5 Å². The normalized spacial score (nSPS) is 21.9. The Morgan fingerprint density at radius 1 is 1.36 bits per heavy atom. The van der Waals surface area contributed by atoms with Crippen LogP contribution < -0.4 is 5.32 Å². The third kappa shape index (κ3) is 4.41. The summed E-state index contributed by atoms with van der Waals surface area (Å²) in [6, 6.07) is -0.184. The molecule has 0 bridgehead atoms. The van der Waals surface area contributed by atoms with E-state index in [1.54, 1.807) is 4.90 Å². The topological polar surface area (TPSA) is 112 Å². The molecule has 0 radical (unpaired) electrons. The first-order valence-corrected chi connectivity index (χ1v) is 7.72. The van der Waals surface area contributed by atoms with Gasteiger partial charge in [-0.05, 0) is 6.42 Å². The molecule has 0 saturated carbocycles. The highest BCUT2D eigenvalue weighted by Gasteiger charge is 2.29. The second kappa shape index (κ2) is 8.09. The van der Waals surface area contributed by atoms with E-state index in [4.69, 9.17) is 4.52 Å². The van der Waals surface area contributed by atoms with Crippen molar-refractivity contribution in [2.45, 2.75) is 26.2 Å². The van der Waals surface area contributed by atoms with Crippen LogP contribution in [0.5, 0.6) is 0 Å². The van der Waals surface area contributed by atoms with Crippen LogP contribution in [0.2, 0.25) is 0 Å². The van der Waals surface area contributed by atoms with E-state index in [2.05, 4.69) is 15.5 Å². The van der Waals surface area contributed by atoms with Crippen LogP contribution in [0.15, 0.2) is 4.52 Å². The van der Waals surface area contributed by atoms with Crippen LogP contribution in [-0.2, 0) is 12.8 Å². The van der Waals surface area contributed by atoms with E-state index in [0.29, 0.717) is 44.2 Å². The summed E-state index contributed by atoms with van der Waals surface area (Å²) in [4.78, 5) is 18.0. The molecule has 1 aliphatic rings. The Bertz CT molecular complexity index is 467. The van der Waals surface area contributed by atoms with Gasteiger partial charge in [0.05, 0.1) is 0 Å². The lowest BCUT2D eigenvalue weighted by molar-refractivity contribution is 0.0737. The maximum atomic E-state index is 12.2. The van der Waals surface area contributed by atoms with Gasteiger partial charge in [0.1, 0.15) is 0 Å². The number of amides is 2. The standard InChI is InChI=1S/C14H24N4O4/c1-2-13-16-12(17-22-13)3-4-15-14(21)18-6-10(8-19)5-11(7-18)9-20/h10-11,19-20H,2-9H2,1H3,(H,15,21)/t10-,11+. The molecule has 1 aromatic rings. The van der Waals surface area contributed by atoms with Gasteiger partial charge in [0.2, 0.25) is 5.89 Å². The Kier molecular flexibility index (Phi) is 6.14. The van der Waals surface area contributed by atoms with Crippen LogP contribution in [0, 0.1) is 11.8 Å². The van der Waals surface area contributed by atoms with E-state index in [0.717, 1.165) is 6.42 Å².